The summed E-state index contributed by atoms with van der Waals surface area (Å²) >= 11 is 0. The van der Waals surface area contributed by atoms with Gasteiger partial charge in [0.25, 0.3) is 0 Å². The first-order valence-corrected chi connectivity index (χ1v) is 6.26. The van der Waals surface area contributed by atoms with Crippen LogP contribution in [0.5, 0.6) is 0 Å². The second-order valence-electron chi connectivity index (χ2n) is 4.56. The van der Waals surface area contributed by atoms with Crippen LogP contribution in [0.3, 0.4) is 0 Å². The predicted octanol–water partition coefficient (Wildman–Crippen LogP) is 1.14. The minimum atomic E-state index is -1.13. The summed E-state index contributed by atoms with van der Waals surface area (Å²) in [6, 6.07) is 3.28. The van der Waals surface area contributed by atoms with Gasteiger partial charge < -0.3 is 15.7 Å². The van der Waals surface area contributed by atoms with E-state index in [1.54, 1.807) is 0 Å². The van der Waals surface area contributed by atoms with Gasteiger partial charge >= 0.3 is 5.97 Å². The number of benzene rings is 1. The summed E-state index contributed by atoms with van der Waals surface area (Å²) in [4.78, 5) is 33.2. The molecule has 1 aromatic rings. The second kappa shape index (κ2) is 6.17. The van der Waals surface area contributed by atoms with E-state index in [1.165, 1.54) is 18.2 Å². The molecule has 0 saturated carbocycles. The minimum Gasteiger partial charge on any atom is -0.478 e. The minimum absolute atomic E-state index is 0.0198. The van der Waals surface area contributed by atoms with Gasteiger partial charge in [0.15, 0.2) is 0 Å². The molecule has 110 valence electrons. The Morgan fingerprint density at radius 3 is 2.76 bits per heavy atom. The van der Waals surface area contributed by atoms with Crippen LogP contribution in [0, 0.1) is 5.82 Å². The first-order valence-electron chi connectivity index (χ1n) is 6.26. The predicted molar refractivity (Wildman–Crippen MR) is 72.9 cm³/mol. The van der Waals surface area contributed by atoms with Crippen LogP contribution in [0.25, 0.3) is 6.08 Å². The molecule has 0 radical (unpaired) electrons. The number of hydrogen-bond acceptors (Lipinski definition) is 3. The van der Waals surface area contributed by atoms with Crippen LogP contribution < -0.4 is 10.6 Å². The Kier molecular flexibility index (Phi) is 4.32. The highest BCUT2D eigenvalue weighted by Crippen LogP contribution is 2.18. The maximum atomic E-state index is 13.8. The van der Waals surface area contributed by atoms with Crippen LogP contribution in [-0.2, 0) is 14.4 Å². The monoisotopic (exact) mass is 292 g/mol. The van der Waals surface area contributed by atoms with E-state index in [9.17, 15) is 18.8 Å². The zero-order chi connectivity index (χ0) is 15.4. The zero-order valence-electron chi connectivity index (χ0n) is 10.9. The molecule has 21 heavy (non-hydrogen) atoms. The molecular weight excluding hydrogens is 279 g/mol. The molecule has 1 saturated heterocycles. The lowest BCUT2D eigenvalue weighted by Crippen LogP contribution is -2.37. The topological polar surface area (TPSA) is 95.5 Å². The van der Waals surface area contributed by atoms with Gasteiger partial charge in [0, 0.05) is 12.5 Å². The molecule has 7 heteroatoms. The van der Waals surface area contributed by atoms with Crippen LogP contribution in [0.2, 0.25) is 0 Å². The number of rotatable bonds is 4. The van der Waals surface area contributed by atoms with Crippen LogP contribution in [0.15, 0.2) is 24.3 Å². The summed E-state index contributed by atoms with van der Waals surface area (Å²) in [6.07, 6.45) is 2.79. The van der Waals surface area contributed by atoms with Crippen molar-refractivity contribution < 1.29 is 23.9 Å². The average Bonchev–Trinajstić information content (AvgIpc) is 2.86. The van der Waals surface area contributed by atoms with Gasteiger partial charge in [-0.2, -0.15) is 0 Å². The Morgan fingerprint density at radius 2 is 2.19 bits per heavy atom. The lowest BCUT2D eigenvalue weighted by molar-refractivity contribution is -0.131. The molecule has 1 unspecified atom stereocenters. The maximum Gasteiger partial charge on any atom is 0.328 e. The van der Waals surface area contributed by atoms with Crippen molar-refractivity contribution in [1.82, 2.24) is 5.32 Å². The number of amides is 2. The Morgan fingerprint density at radius 1 is 1.43 bits per heavy atom. The number of carbonyl (C=O) groups excluding carboxylic acids is 2. The van der Waals surface area contributed by atoms with Gasteiger partial charge in [-0.3, -0.25) is 9.59 Å². The van der Waals surface area contributed by atoms with Crippen molar-refractivity contribution in [3.8, 4) is 0 Å². The summed E-state index contributed by atoms with van der Waals surface area (Å²) in [5.41, 5.74) is 0.343. The van der Waals surface area contributed by atoms with Gasteiger partial charge in [0.05, 0.1) is 5.69 Å². The average molecular weight is 292 g/mol. The van der Waals surface area contributed by atoms with Crippen LogP contribution in [0.1, 0.15) is 18.4 Å². The molecule has 2 rings (SSSR count). The summed E-state index contributed by atoms with van der Waals surface area (Å²) < 4.78 is 13.8. The summed E-state index contributed by atoms with van der Waals surface area (Å²) in [6.45, 7) is 0. The second-order valence-corrected chi connectivity index (χ2v) is 4.56. The molecule has 0 aliphatic carbocycles. The van der Waals surface area contributed by atoms with E-state index in [4.69, 9.17) is 5.11 Å². The van der Waals surface area contributed by atoms with Gasteiger partial charge in [-0.25, -0.2) is 9.18 Å². The van der Waals surface area contributed by atoms with Gasteiger partial charge in [-0.15, -0.1) is 0 Å². The van der Waals surface area contributed by atoms with Gasteiger partial charge in [0.1, 0.15) is 11.9 Å². The zero-order valence-corrected chi connectivity index (χ0v) is 10.9. The van der Waals surface area contributed by atoms with Crippen molar-refractivity contribution in [2.45, 2.75) is 18.9 Å². The summed E-state index contributed by atoms with van der Waals surface area (Å²) in [7, 11) is 0. The third-order valence-corrected chi connectivity index (χ3v) is 2.98. The van der Waals surface area contributed by atoms with Gasteiger partial charge in [0.2, 0.25) is 11.8 Å². The molecule has 0 bridgehead atoms. The summed E-state index contributed by atoms with van der Waals surface area (Å²) in [5.74, 6) is -2.50. The summed E-state index contributed by atoms with van der Waals surface area (Å²) in [5, 5.41) is 13.4. The van der Waals surface area contributed by atoms with Gasteiger partial charge in [-0.1, -0.05) is 6.07 Å². The van der Waals surface area contributed by atoms with Crippen molar-refractivity contribution in [1.29, 1.82) is 0 Å². The van der Waals surface area contributed by atoms with E-state index < -0.39 is 23.7 Å². The Labute approximate surface area is 119 Å². The molecule has 1 heterocycles. The first kappa shape index (κ1) is 14.7. The molecule has 3 N–H and O–H groups in total. The maximum absolute atomic E-state index is 13.8. The Bertz CT molecular complexity index is 627. The fourth-order valence-corrected chi connectivity index (χ4v) is 1.93. The molecular formula is C14H13FN2O4. The Hall–Kier alpha value is -2.70. The quantitative estimate of drug-likeness (QED) is 0.725. The van der Waals surface area contributed by atoms with E-state index in [1.807, 2.05) is 0 Å². The number of halogens is 1. The van der Waals surface area contributed by atoms with Crippen molar-refractivity contribution in [3.63, 3.8) is 0 Å². The standard InChI is InChI=1S/C14H13FN2O4/c15-9-7-8(2-6-13(19)20)1-3-10(9)17-14(21)11-4-5-12(18)16-11/h1-3,6-7,11H,4-5H2,(H,16,18)(H,17,21)(H,19,20). The highest BCUT2D eigenvalue weighted by molar-refractivity contribution is 5.99. The van der Waals surface area contributed by atoms with Crippen molar-refractivity contribution in [2.75, 3.05) is 5.32 Å². The number of carboxylic acids is 1. The number of nitrogens with one attached hydrogen (secondary N) is 2. The highest BCUT2D eigenvalue weighted by Gasteiger charge is 2.27. The highest BCUT2D eigenvalue weighted by atomic mass is 19.1. The van der Waals surface area contributed by atoms with Crippen LogP contribution in [-0.4, -0.2) is 28.9 Å². The molecule has 1 aromatic carbocycles. The van der Waals surface area contributed by atoms with Crippen LogP contribution >= 0.6 is 0 Å². The third-order valence-electron chi connectivity index (χ3n) is 2.98. The van der Waals surface area contributed by atoms with E-state index in [0.29, 0.717) is 12.0 Å². The molecule has 1 aliphatic heterocycles. The van der Waals surface area contributed by atoms with Crippen molar-refractivity contribution >= 4 is 29.5 Å². The Balaban J connectivity index is 2.05. The number of carbonyl (C=O) groups is 3. The molecule has 1 fully saturated rings. The molecule has 0 aromatic heterocycles. The number of carboxylic acid groups (broad SMARTS) is 1. The smallest absolute Gasteiger partial charge is 0.328 e. The van der Waals surface area contributed by atoms with E-state index in [-0.39, 0.29) is 18.0 Å². The lowest BCUT2D eigenvalue weighted by Gasteiger charge is -2.11. The fourth-order valence-electron chi connectivity index (χ4n) is 1.93. The van der Waals surface area contributed by atoms with E-state index in [2.05, 4.69) is 10.6 Å². The SMILES string of the molecule is O=C(O)C=Cc1ccc(NC(=O)C2CCC(=O)N2)c(F)c1. The molecule has 0 spiro atoms. The largest absolute Gasteiger partial charge is 0.478 e. The first-order chi connectivity index (χ1) is 9.95. The van der Waals surface area contributed by atoms with E-state index >= 15 is 0 Å². The normalized spacial score (nSPS) is 17.8. The molecule has 6 nitrogen and oxygen atoms in total. The molecule has 1 aliphatic rings. The van der Waals surface area contributed by atoms with Gasteiger partial charge in [-0.05, 0) is 30.2 Å². The third kappa shape index (κ3) is 3.88. The van der Waals surface area contributed by atoms with Crippen LogP contribution in [0.4, 0.5) is 10.1 Å². The van der Waals surface area contributed by atoms with Crippen molar-refractivity contribution in [3.05, 3.63) is 35.7 Å². The van der Waals surface area contributed by atoms with Crippen molar-refractivity contribution in [2.24, 2.45) is 0 Å². The number of anilines is 1. The molecule has 2 amide bonds. The molecule has 1 atom stereocenters. The number of hydrogen-bond donors (Lipinski definition) is 3. The fraction of sp³-hybridized carbons (Fsp3) is 0.214. The lowest BCUT2D eigenvalue weighted by atomic mass is 10.1. The van der Waals surface area contributed by atoms with E-state index in [0.717, 1.165) is 12.1 Å². The number of aliphatic carboxylic acids is 1.